The van der Waals surface area contributed by atoms with Crippen LogP contribution in [0.15, 0.2) is 53.7 Å². The minimum atomic E-state index is -4.54. The maximum atomic E-state index is 13.4. The highest BCUT2D eigenvalue weighted by molar-refractivity contribution is 5.91. The Labute approximate surface area is 222 Å². The molecule has 2 N–H and O–H groups in total. The Morgan fingerprint density at radius 1 is 1.21 bits per heavy atom. The van der Waals surface area contributed by atoms with E-state index in [4.69, 9.17) is 9.47 Å². The fourth-order valence-electron chi connectivity index (χ4n) is 3.98. The van der Waals surface area contributed by atoms with E-state index in [2.05, 4.69) is 20.7 Å². The zero-order chi connectivity index (χ0) is 28.3. The molecule has 0 radical (unpaired) electrons. The number of ether oxygens (including phenoxy) is 2. The molecule has 13 heteroatoms. The molecule has 0 saturated heterocycles. The third-order valence-electron chi connectivity index (χ3n) is 5.83. The van der Waals surface area contributed by atoms with Crippen LogP contribution >= 0.6 is 0 Å². The van der Waals surface area contributed by atoms with E-state index in [1.165, 1.54) is 36.3 Å². The lowest BCUT2D eigenvalue weighted by Gasteiger charge is -2.23. The molecule has 0 bridgehead atoms. The third-order valence-corrected chi connectivity index (χ3v) is 5.83. The van der Waals surface area contributed by atoms with Crippen LogP contribution in [0.1, 0.15) is 29.8 Å². The first-order valence-corrected chi connectivity index (χ1v) is 12.1. The van der Waals surface area contributed by atoms with Gasteiger partial charge in [0.15, 0.2) is 5.82 Å². The van der Waals surface area contributed by atoms with Crippen molar-refractivity contribution in [2.45, 2.75) is 39.5 Å². The van der Waals surface area contributed by atoms with Gasteiger partial charge in [-0.3, -0.25) is 9.80 Å². The van der Waals surface area contributed by atoms with Gasteiger partial charge < -0.3 is 19.4 Å². The number of methoxy groups -OCH3 is 1. The standard InChI is InChI=1S/C26H27F3N6O4/c1-5-34-14-16(11-19(23(34)36)24(37)39-6-2)20-13-30-25(31-17-9-15(3)10-18(12-17)38-4)32-22(20)35-8-7-21(33-35)26(27,28)29/h7-14,21,33H,5-6H2,1-4H3,(H,30,31,32). The van der Waals surface area contributed by atoms with Crippen molar-refractivity contribution in [3.63, 3.8) is 0 Å². The molecule has 39 heavy (non-hydrogen) atoms. The van der Waals surface area contributed by atoms with Crippen molar-refractivity contribution in [3.05, 3.63) is 70.4 Å². The number of aryl methyl sites for hydroxylation is 2. The van der Waals surface area contributed by atoms with Crippen molar-refractivity contribution < 1.29 is 27.4 Å². The highest BCUT2D eigenvalue weighted by atomic mass is 19.4. The van der Waals surface area contributed by atoms with Crippen molar-refractivity contribution >= 4 is 23.4 Å². The molecule has 206 valence electrons. The maximum Gasteiger partial charge on any atom is 0.409 e. The molecule has 3 heterocycles. The van der Waals surface area contributed by atoms with Crippen molar-refractivity contribution in [2.24, 2.45) is 0 Å². The van der Waals surface area contributed by atoms with Gasteiger partial charge in [0.1, 0.15) is 17.4 Å². The summed E-state index contributed by atoms with van der Waals surface area (Å²) in [6.07, 6.45) is 0.535. The summed E-state index contributed by atoms with van der Waals surface area (Å²) in [4.78, 5) is 34.1. The van der Waals surface area contributed by atoms with Gasteiger partial charge >= 0.3 is 12.1 Å². The number of nitrogens with one attached hydrogen (secondary N) is 2. The number of anilines is 3. The molecule has 0 spiro atoms. The number of rotatable bonds is 8. The van der Waals surface area contributed by atoms with Crippen molar-refractivity contribution in [3.8, 4) is 16.9 Å². The number of carbonyl (C=O) groups is 1. The summed E-state index contributed by atoms with van der Waals surface area (Å²) in [6.45, 7) is 5.52. The third kappa shape index (κ3) is 6.03. The summed E-state index contributed by atoms with van der Waals surface area (Å²) in [6, 6.07) is 4.78. The average molecular weight is 545 g/mol. The lowest BCUT2D eigenvalue weighted by Crippen LogP contribution is -2.44. The lowest BCUT2D eigenvalue weighted by atomic mass is 10.1. The number of hydrogen-bond donors (Lipinski definition) is 2. The Morgan fingerprint density at radius 3 is 2.62 bits per heavy atom. The molecule has 4 rings (SSSR count). The summed E-state index contributed by atoms with van der Waals surface area (Å²) in [5.74, 6) is -0.0513. The predicted octanol–water partition coefficient (Wildman–Crippen LogP) is 4.33. The van der Waals surface area contributed by atoms with Gasteiger partial charge in [-0.15, -0.1) is 0 Å². The van der Waals surface area contributed by atoms with Gasteiger partial charge in [0.05, 0.1) is 13.7 Å². The number of pyridine rings is 1. The molecule has 2 aromatic heterocycles. The second-order valence-electron chi connectivity index (χ2n) is 8.61. The fraction of sp³-hybridized carbons (Fsp3) is 0.308. The predicted molar refractivity (Wildman–Crippen MR) is 139 cm³/mol. The van der Waals surface area contributed by atoms with E-state index in [1.54, 1.807) is 19.9 Å². The van der Waals surface area contributed by atoms with E-state index >= 15 is 0 Å². The van der Waals surface area contributed by atoms with Crippen LogP contribution in [0.3, 0.4) is 0 Å². The van der Waals surface area contributed by atoms with Crippen molar-refractivity contribution in [2.75, 3.05) is 24.0 Å². The number of hydrogen-bond acceptors (Lipinski definition) is 9. The molecule has 10 nitrogen and oxygen atoms in total. The molecule has 1 aliphatic rings. The second-order valence-corrected chi connectivity index (χ2v) is 8.61. The van der Waals surface area contributed by atoms with Gasteiger partial charge in [-0.1, -0.05) is 0 Å². The fourth-order valence-corrected chi connectivity index (χ4v) is 3.98. The molecule has 1 aromatic carbocycles. The van der Waals surface area contributed by atoms with E-state index in [9.17, 15) is 22.8 Å². The second kappa shape index (κ2) is 11.2. The van der Waals surface area contributed by atoms with Gasteiger partial charge in [0.2, 0.25) is 5.95 Å². The monoisotopic (exact) mass is 544 g/mol. The van der Waals surface area contributed by atoms with E-state index in [0.717, 1.165) is 16.6 Å². The first-order valence-electron chi connectivity index (χ1n) is 12.1. The van der Waals surface area contributed by atoms with Crippen LogP contribution in [-0.4, -0.2) is 46.4 Å². The van der Waals surface area contributed by atoms with Gasteiger partial charge in [-0.2, -0.15) is 18.2 Å². The number of benzene rings is 1. The smallest absolute Gasteiger partial charge is 0.409 e. The van der Waals surface area contributed by atoms with E-state index in [-0.39, 0.29) is 36.0 Å². The van der Waals surface area contributed by atoms with Gasteiger partial charge in [0, 0.05) is 48.0 Å². The molecular formula is C26H27F3N6O4. The Hall–Kier alpha value is -4.39. The molecule has 1 unspecified atom stereocenters. The van der Waals surface area contributed by atoms with Crippen LogP contribution in [0, 0.1) is 6.92 Å². The number of esters is 1. The molecule has 3 aromatic rings. The van der Waals surface area contributed by atoms with Crippen LogP contribution in [-0.2, 0) is 11.3 Å². The van der Waals surface area contributed by atoms with Crippen LogP contribution in [0.2, 0.25) is 0 Å². The normalized spacial score (nSPS) is 14.9. The highest BCUT2D eigenvalue weighted by Crippen LogP contribution is 2.33. The van der Waals surface area contributed by atoms with Gasteiger partial charge in [0.25, 0.3) is 5.56 Å². The largest absolute Gasteiger partial charge is 0.497 e. The zero-order valence-electron chi connectivity index (χ0n) is 21.7. The summed E-state index contributed by atoms with van der Waals surface area (Å²) in [5.41, 5.74) is 3.72. The number of hydrazine groups is 1. The van der Waals surface area contributed by atoms with Gasteiger partial charge in [-0.05, 0) is 50.6 Å². The number of nitrogens with zero attached hydrogens (tertiary/aromatic N) is 4. The topological polar surface area (TPSA) is 111 Å². The molecule has 1 aliphatic heterocycles. The summed E-state index contributed by atoms with van der Waals surface area (Å²) < 4.78 is 51.9. The van der Waals surface area contributed by atoms with E-state index in [0.29, 0.717) is 17.0 Å². The van der Waals surface area contributed by atoms with Crippen LogP contribution < -0.4 is 26.0 Å². The minimum absolute atomic E-state index is 0.0613. The molecule has 0 fully saturated rings. The SMILES string of the molecule is CCOC(=O)c1cc(-c2cnc(Nc3cc(C)cc(OC)c3)nc2N2C=CC(C(F)(F)F)N2)cn(CC)c1=O. The molecular weight excluding hydrogens is 517 g/mol. The molecule has 0 saturated carbocycles. The quantitative estimate of drug-likeness (QED) is 0.401. The summed E-state index contributed by atoms with van der Waals surface area (Å²) in [7, 11) is 1.53. The van der Waals surface area contributed by atoms with Crippen LogP contribution in [0.4, 0.5) is 30.6 Å². The summed E-state index contributed by atoms with van der Waals surface area (Å²) in [5, 5.41) is 4.18. The minimum Gasteiger partial charge on any atom is -0.497 e. The first kappa shape index (κ1) is 27.6. The number of alkyl halides is 3. The Kier molecular flexibility index (Phi) is 7.90. The number of halogens is 3. The Balaban J connectivity index is 1.83. The number of aromatic nitrogens is 3. The van der Waals surface area contributed by atoms with Crippen LogP contribution in [0.5, 0.6) is 5.75 Å². The number of carbonyl (C=O) groups excluding carboxylic acids is 1. The van der Waals surface area contributed by atoms with Gasteiger partial charge in [-0.25, -0.2) is 15.2 Å². The molecule has 1 atom stereocenters. The zero-order valence-corrected chi connectivity index (χ0v) is 21.7. The lowest BCUT2D eigenvalue weighted by molar-refractivity contribution is -0.142. The van der Waals surface area contributed by atoms with E-state index < -0.39 is 23.7 Å². The van der Waals surface area contributed by atoms with Crippen molar-refractivity contribution in [1.82, 2.24) is 20.0 Å². The average Bonchev–Trinajstić information content (AvgIpc) is 3.40. The Morgan fingerprint density at radius 2 is 1.97 bits per heavy atom. The highest BCUT2D eigenvalue weighted by Gasteiger charge is 2.41. The summed E-state index contributed by atoms with van der Waals surface area (Å²) >= 11 is 0. The van der Waals surface area contributed by atoms with E-state index in [1.807, 2.05) is 19.1 Å². The maximum absolute atomic E-state index is 13.4. The molecule has 0 amide bonds. The first-order chi connectivity index (χ1) is 18.5. The Bertz CT molecular complexity index is 1470. The van der Waals surface area contributed by atoms with Crippen molar-refractivity contribution in [1.29, 1.82) is 0 Å². The molecule has 0 aliphatic carbocycles. The van der Waals surface area contributed by atoms with Crippen LogP contribution in [0.25, 0.3) is 11.1 Å².